The van der Waals surface area contributed by atoms with Crippen molar-refractivity contribution >= 4 is 51.3 Å². The molecule has 0 aliphatic carbocycles. The molecule has 1 aliphatic heterocycles. The first-order valence-corrected chi connectivity index (χ1v) is 11.8. The average molecular weight is 492 g/mol. The number of halogens is 3. The van der Waals surface area contributed by atoms with Crippen LogP contribution in [0.5, 0.6) is 5.75 Å². The van der Waals surface area contributed by atoms with Gasteiger partial charge in [0.05, 0.1) is 16.7 Å². The van der Waals surface area contributed by atoms with Gasteiger partial charge in [-0.15, -0.1) is 11.3 Å². The minimum absolute atomic E-state index is 0.0863. The molecular weight excluding hydrogens is 472 g/mol. The molecule has 1 atom stereocenters. The Hall–Kier alpha value is -2.32. The van der Waals surface area contributed by atoms with Gasteiger partial charge in [-0.25, -0.2) is 9.37 Å². The second-order valence-electron chi connectivity index (χ2n) is 7.81. The number of nitrogens with two attached hydrogens (primary N) is 1. The van der Waals surface area contributed by atoms with Gasteiger partial charge in [0.1, 0.15) is 11.9 Å². The lowest BCUT2D eigenvalue weighted by molar-refractivity contribution is 0.174. The Balaban J connectivity index is 1.48. The topological polar surface area (TPSA) is 64.5 Å². The number of aromatic nitrogens is 1. The molecule has 166 valence electrons. The number of rotatable bonds is 6. The Kier molecular flexibility index (Phi) is 5.75. The molecule has 32 heavy (non-hydrogen) atoms. The lowest BCUT2D eigenvalue weighted by Crippen LogP contribution is -2.35. The van der Waals surface area contributed by atoms with Gasteiger partial charge < -0.3 is 14.9 Å². The summed E-state index contributed by atoms with van der Waals surface area (Å²) in [6, 6.07) is 4.84. The van der Waals surface area contributed by atoms with Crippen molar-refractivity contribution in [3.63, 3.8) is 0 Å². The fraction of sp³-hybridized carbons (Fsp3) is 0.261. The number of hydrogen-bond donors (Lipinski definition) is 1. The third-order valence-electron chi connectivity index (χ3n) is 5.67. The lowest BCUT2D eigenvalue weighted by atomic mass is 10.1. The van der Waals surface area contributed by atoms with Crippen molar-refractivity contribution < 1.29 is 13.5 Å². The van der Waals surface area contributed by atoms with Crippen molar-refractivity contribution in [1.29, 1.82) is 0 Å². The molecule has 0 radical (unpaired) electrons. The first kappa shape index (κ1) is 21.5. The summed E-state index contributed by atoms with van der Waals surface area (Å²) in [4.78, 5) is 8.02. The molecule has 4 heterocycles. The summed E-state index contributed by atoms with van der Waals surface area (Å²) in [5, 5.41) is 3.12. The van der Waals surface area contributed by atoms with Crippen LogP contribution in [0.4, 0.5) is 10.2 Å². The first-order chi connectivity index (χ1) is 15.4. The number of pyridine rings is 1. The molecular formula is C23H20Cl2FN3O2S. The average Bonchev–Trinajstić information content (AvgIpc) is 3.37. The van der Waals surface area contributed by atoms with Gasteiger partial charge in [-0.05, 0) is 55.6 Å². The van der Waals surface area contributed by atoms with Crippen LogP contribution in [0.15, 0.2) is 40.5 Å². The number of nitrogens with zero attached hydrogens (tertiary/aromatic N) is 2. The highest BCUT2D eigenvalue weighted by Crippen LogP contribution is 2.42. The van der Waals surface area contributed by atoms with Crippen molar-refractivity contribution in [2.24, 2.45) is 0 Å². The van der Waals surface area contributed by atoms with Crippen molar-refractivity contribution in [2.75, 3.05) is 18.8 Å². The Morgan fingerprint density at radius 1 is 1.34 bits per heavy atom. The predicted octanol–water partition coefficient (Wildman–Crippen LogP) is 6.93. The number of likely N-dealkylation sites (tertiary alicyclic amines) is 1. The zero-order chi connectivity index (χ0) is 22.4. The number of hydrogen-bond acceptors (Lipinski definition) is 6. The molecule has 5 rings (SSSR count). The molecule has 1 saturated heterocycles. The lowest BCUT2D eigenvalue weighted by Gasteiger charge is -2.29. The van der Waals surface area contributed by atoms with Gasteiger partial charge >= 0.3 is 0 Å². The van der Waals surface area contributed by atoms with E-state index in [-0.39, 0.29) is 16.6 Å². The van der Waals surface area contributed by atoms with Crippen LogP contribution in [0.3, 0.4) is 0 Å². The summed E-state index contributed by atoms with van der Waals surface area (Å²) in [6.45, 7) is 4.99. The van der Waals surface area contributed by atoms with E-state index in [0.29, 0.717) is 16.2 Å². The van der Waals surface area contributed by atoms with E-state index < -0.39 is 11.9 Å². The van der Waals surface area contributed by atoms with Crippen LogP contribution in [0.2, 0.25) is 10.0 Å². The maximum Gasteiger partial charge on any atom is 0.205 e. The van der Waals surface area contributed by atoms with Crippen LogP contribution in [0.1, 0.15) is 29.9 Å². The maximum absolute atomic E-state index is 14.0. The minimum atomic E-state index is -0.682. The molecule has 0 amide bonds. The van der Waals surface area contributed by atoms with E-state index in [0.717, 1.165) is 36.1 Å². The standard InChI is InChI=1S/C23H20Cl2FN3O2S/c1-12(19-17(24)3-4-18(26)20(19)25)31-22-21-15(8-28-23(22)27)16(10-30-21)13-7-14(32-11-13)9-29-5-2-6-29/h3-4,7-8,10-12H,2,5-6,9H2,1H3,(H2,27,28). The molecule has 1 unspecified atom stereocenters. The smallest absolute Gasteiger partial charge is 0.205 e. The summed E-state index contributed by atoms with van der Waals surface area (Å²) in [5.41, 5.74) is 8.89. The van der Waals surface area contributed by atoms with Crippen molar-refractivity contribution in [3.8, 4) is 16.9 Å². The molecule has 2 N–H and O–H groups in total. The van der Waals surface area contributed by atoms with Crippen LogP contribution >= 0.6 is 34.5 Å². The van der Waals surface area contributed by atoms with Gasteiger partial charge in [0.25, 0.3) is 0 Å². The summed E-state index contributed by atoms with van der Waals surface area (Å²) in [6.07, 6.45) is 3.94. The molecule has 0 spiro atoms. The quantitative estimate of drug-likeness (QED) is 0.296. The number of furan rings is 1. The van der Waals surface area contributed by atoms with E-state index in [1.165, 1.54) is 23.4 Å². The molecule has 1 aliphatic rings. The van der Waals surface area contributed by atoms with E-state index in [4.69, 9.17) is 38.1 Å². The van der Waals surface area contributed by atoms with Gasteiger partial charge in [-0.1, -0.05) is 23.2 Å². The molecule has 1 fully saturated rings. The van der Waals surface area contributed by atoms with Crippen molar-refractivity contribution in [2.45, 2.75) is 26.0 Å². The highest BCUT2D eigenvalue weighted by atomic mass is 35.5. The number of benzene rings is 1. The van der Waals surface area contributed by atoms with E-state index in [9.17, 15) is 4.39 Å². The summed E-state index contributed by atoms with van der Waals surface area (Å²) in [5.74, 6) is -0.135. The summed E-state index contributed by atoms with van der Waals surface area (Å²) >= 11 is 14.1. The fourth-order valence-corrected chi connectivity index (χ4v) is 5.44. The maximum atomic E-state index is 14.0. The number of nitrogen functional groups attached to an aromatic ring is 1. The van der Waals surface area contributed by atoms with Crippen LogP contribution in [-0.2, 0) is 6.54 Å². The molecule has 3 aromatic heterocycles. The van der Waals surface area contributed by atoms with E-state index in [1.54, 1.807) is 30.7 Å². The van der Waals surface area contributed by atoms with Gasteiger partial charge in [0.2, 0.25) is 5.75 Å². The molecule has 0 saturated carbocycles. The summed E-state index contributed by atoms with van der Waals surface area (Å²) < 4.78 is 25.9. The zero-order valence-corrected chi connectivity index (χ0v) is 19.5. The molecule has 4 aromatic rings. The Labute approximate surface area is 198 Å². The van der Waals surface area contributed by atoms with E-state index >= 15 is 0 Å². The fourth-order valence-electron chi connectivity index (χ4n) is 3.83. The van der Waals surface area contributed by atoms with Gasteiger partial charge in [-0.2, -0.15) is 0 Å². The highest BCUT2D eigenvalue weighted by molar-refractivity contribution is 7.10. The monoisotopic (exact) mass is 491 g/mol. The van der Waals surface area contributed by atoms with Gasteiger partial charge in [-0.3, -0.25) is 4.90 Å². The molecule has 0 bridgehead atoms. The van der Waals surface area contributed by atoms with Crippen LogP contribution in [0.25, 0.3) is 22.1 Å². The van der Waals surface area contributed by atoms with Crippen LogP contribution in [-0.4, -0.2) is 23.0 Å². The van der Waals surface area contributed by atoms with Gasteiger partial charge in [0, 0.05) is 33.8 Å². The second-order valence-corrected chi connectivity index (χ2v) is 9.59. The number of thiophene rings is 1. The zero-order valence-electron chi connectivity index (χ0n) is 17.2. The van der Waals surface area contributed by atoms with Crippen molar-refractivity contribution in [3.05, 3.63) is 62.3 Å². The van der Waals surface area contributed by atoms with Gasteiger partial charge in [0.15, 0.2) is 11.4 Å². The van der Waals surface area contributed by atoms with Crippen LogP contribution < -0.4 is 10.5 Å². The minimum Gasteiger partial charge on any atom is -0.478 e. The molecule has 1 aromatic carbocycles. The molecule has 9 heteroatoms. The molecule has 5 nitrogen and oxygen atoms in total. The Bertz CT molecular complexity index is 1300. The highest BCUT2D eigenvalue weighted by Gasteiger charge is 2.23. The Morgan fingerprint density at radius 3 is 2.91 bits per heavy atom. The van der Waals surface area contributed by atoms with Crippen molar-refractivity contribution in [1.82, 2.24) is 9.88 Å². The second kappa shape index (κ2) is 8.56. The number of ether oxygens (including phenoxy) is 1. The van der Waals surface area contributed by atoms with E-state index in [2.05, 4.69) is 21.3 Å². The number of fused-ring (bicyclic) bond motifs is 1. The van der Waals surface area contributed by atoms with E-state index in [1.807, 2.05) is 0 Å². The Morgan fingerprint density at radius 2 is 2.16 bits per heavy atom. The largest absolute Gasteiger partial charge is 0.478 e. The normalized spacial score (nSPS) is 15.1. The summed E-state index contributed by atoms with van der Waals surface area (Å²) in [7, 11) is 0. The SMILES string of the molecule is CC(Oc1c(N)ncc2c(-c3csc(CN4CCC4)c3)coc12)c1c(Cl)ccc(F)c1Cl. The third kappa shape index (κ3) is 3.83. The third-order valence-corrected chi connectivity index (χ3v) is 7.31. The predicted molar refractivity (Wildman–Crippen MR) is 127 cm³/mol. The first-order valence-electron chi connectivity index (χ1n) is 10.2. The number of anilines is 1. The van der Waals surface area contributed by atoms with Crippen LogP contribution in [0, 0.1) is 5.82 Å².